The van der Waals surface area contributed by atoms with Gasteiger partial charge in [0, 0.05) is 31.6 Å². The summed E-state index contributed by atoms with van der Waals surface area (Å²) in [7, 11) is 1.71. The first kappa shape index (κ1) is 15.8. The molecular formula is C15H19ClN2O3. The van der Waals surface area contributed by atoms with Crippen LogP contribution in [0, 0.1) is 5.92 Å². The third kappa shape index (κ3) is 4.72. The minimum Gasteiger partial charge on any atom is -0.375 e. The molecule has 0 bridgehead atoms. The number of ether oxygens (including phenoxy) is 1. The van der Waals surface area contributed by atoms with E-state index < -0.39 is 0 Å². The maximum Gasteiger partial charge on any atom is 0.225 e. The van der Waals surface area contributed by atoms with Crippen molar-refractivity contribution in [2.24, 2.45) is 5.92 Å². The molecule has 1 aromatic rings. The van der Waals surface area contributed by atoms with E-state index in [4.69, 9.17) is 16.3 Å². The molecule has 1 fully saturated rings. The number of likely N-dealkylation sites (tertiary alicyclic amines) is 1. The van der Waals surface area contributed by atoms with Crippen molar-refractivity contribution in [3.63, 3.8) is 0 Å². The van der Waals surface area contributed by atoms with Gasteiger partial charge in [-0.25, -0.2) is 0 Å². The van der Waals surface area contributed by atoms with Gasteiger partial charge >= 0.3 is 0 Å². The average molecular weight is 311 g/mol. The largest absolute Gasteiger partial charge is 0.375 e. The molecule has 0 radical (unpaired) electrons. The fourth-order valence-electron chi connectivity index (χ4n) is 2.25. The predicted octanol–water partition coefficient (Wildman–Crippen LogP) is 1.45. The summed E-state index contributed by atoms with van der Waals surface area (Å²) >= 11 is 5.88. The standard InChI is InChI=1S/C15H19ClN2O3/c1-18-9-12(8-14(18)19)15(20)17-5-6-21-10-11-3-2-4-13(16)7-11/h2-4,7,12H,5-6,8-10H2,1H3,(H,17,20). The lowest BCUT2D eigenvalue weighted by Gasteiger charge is -2.11. The highest BCUT2D eigenvalue weighted by Crippen LogP contribution is 2.15. The van der Waals surface area contributed by atoms with Crippen LogP contribution in [0.15, 0.2) is 24.3 Å². The van der Waals surface area contributed by atoms with Crippen LogP contribution >= 0.6 is 11.6 Å². The van der Waals surface area contributed by atoms with Crippen molar-refractivity contribution in [3.8, 4) is 0 Å². The first-order valence-corrected chi connectivity index (χ1v) is 7.28. The number of benzene rings is 1. The number of amides is 2. The summed E-state index contributed by atoms with van der Waals surface area (Å²) in [6.45, 7) is 1.82. The van der Waals surface area contributed by atoms with E-state index in [-0.39, 0.29) is 17.7 Å². The summed E-state index contributed by atoms with van der Waals surface area (Å²) in [6.07, 6.45) is 0.297. The Balaban J connectivity index is 1.62. The third-order valence-electron chi connectivity index (χ3n) is 3.42. The van der Waals surface area contributed by atoms with E-state index in [0.29, 0.717) is 37.7 Å². The summed E-state index contributed by atoms with van der Waals surface area (Å²) < 4.78 is 5.48. The summed E-state index contributed by atoms with van der Waals surface area (Å²) in [4.78, 5) is 24.8. The maximum absolute atomic E-state index is 11.9. The van der Waals surface area contributed by atoms with Gasteiger partial charge in [0.15, 0.2) is 0 Å². The Morgan fingerprint density at radius 2 is 2.33 bits per heavy atom. The van der Waals surface area contributed by atoms with Gasteiger partial charge in [-0.1, -0.05) is 23.7 Å². The number of nitrogens with one attached hydrogen (secondary N) is 1. The zero-order chi connectivity index (χ0) is 15.2. The van der Waals surface area contributed by atoms with Crippen LogP contribution in [-0.4, -0.2) is 43.5 Å². The summed E-state index contributed by atoms with van der Waals surface area (Å²) in [5, 5.41) is 3.47. The van der Waals surface area contributed by atoms with Gasteiger partial charge in [0.1, 0.15) is 0 Å². The normalized spacial score (nSPS) is 18.1. The minimum atomic E-state index is -0.240. The molecular weight excluding hydrogens is 292 g/mol. The number of rotatable bonds is 6. The van der Waals surface area contributed by atoms with Gasteiger partial charge in [-0.05, 0) is 17.7 Å². The average Bonchev–Trinajstić information content (AvgIpc) is 2.78. The van der Waals surface area contributed by atoms with E-state index in [0.717, 1.165) is 5.56 Å². The molecule has 1 atom stereocenters. The second-order valence-corrected chi connectivity index (χ2v) is 5.59. The molecule has 0 aromatic heterocycles. The van der Waals surface area contributed by atoms with E-state index in [1.54, 1.807) is 11.9 Å². The minimum absolute atomic E-state index is 0.0207. The topological polar surface area (TPSA) is 58.6 Å². The van der Waals surface area contributed by atoms with Crippen LogP contribution in [0.4, 0.5) is 0 Å². The van der Waals surface area contributed by atoms with Crippen molar-refractivity contribution >= 4 is 23.4 Å². The van der Waals surface area contributed by atoms with Gasteiger partial charge in [0.05, 0.1) is 19.1 Å². The zero-order valence-corrected chi connectivity index (χ0v) is 12.7. The summed E-state index contributed by atoms with van der Waals surface area (Å²) in [5.41, 5.74) is 0.997. The lowest BCUT2D eigenvalue weighted by Crippen LogP contribution is -2.34. The molecule has 1 aliphatic heterocycles. The molecule has 0 aliphatic carbocycles. The Morgan fingerprint density at radius 3 is 3.00 bits per heavy atom. The lowest BCUT2D eigenvalue weighted by atomic mass is 10.1. The second-order valence-electron chi connectivity index (χ2n) is 5.15. The Morgan fingerprint density at radius 1 is 1.52 bits per heavy atom. The predicted molar refractivity (Wildman–Crippen MR) is 79.9 cm³/mol. The molecule has 2 amide bonds. The number of carbonyl (C=O) groups excluding carboxylic acids is 2. The molecule has 0 spiro atoms. The van der Waals surface area contributed by atoms with E-state index in [1.807, 2.05) is 24.3 Å². The van der Waals surface area contributed by atoms with E-state index in [1.165, 1.54) is 0 Å². The number of nitrogens with zero attached hydrogens (tertiary/aromatic N) is 1. The van der Waals surface area contributed by atoms with Gasteiger partial charge in [0.25, 0.3) is 0 Å². The first-order valence-electron chi connectivity index (χ1n) is 6.90. The Hall–Kier alpha value is -1.59. The first-order chi connectivity index (χ1) is 10.1. The van der Waals surface area contributed by atoms with Gasteiger partial charge in [0.2, 0.25) is 11.8 Å². The van der Waals surface area contributed by atoms with E-state index in [9.17, 15) is 9.59 Å². The zero-order valence-electron chi connectivity index (χ0n) is 12.0. The molecule has 21 heavy (non-hydrogen) atoms. The molecule has 6 heteroatoms. The molecule has 0 saturated carbocycles. The lowest BCUT2D eigenvalue weighted by molar-refractivity contribution is -0.128. The number of hydrogen-bond donors (Lipinski definition) is 1. The van der Waals surface area contributed by atoms with Gasteiger partial charge in [-0.15, -0.1) is 0 Å². The second kappa shape index (κ2) is 7.43. The van der Waals surface area contributed by atoms with Crippen molar-refractivity contribution in [1.29, 1.82) is 0 Å². The van der Waals surface area contributed by atoms with Crippen molar-refractivity contribution in [2.45, 2.75) is 13.0 Å². The molecule has 1 N–H and O–H groups in total. The van der Waals surface area contributed by atoms with Gasteiger partial charge < -0.3 is 15.0 Å². The molecule has 1 saturated heterocycles. The SMILES string of the molecule is CN1CC(C(=O)NCCOCc2cccc(Cl)c2)CC1=O. The van der Waals surface area contributed by atoms with Crippen molar-refractivity contribution < 1.29 is 14.3 Å². The summed E-state index contributed by atoms with van der Waals surface area (Å²) in [5.74, 6) is -0.304. The molecule has 1 unspecified atom stereocenters. The van der Waals surface area contributed by atoms with Crippen LogP contribution in [0.2, 0.25) is 5.02 Å². The monoisotopic (exact) mass is 310 g/mol. The van der Waals surface area contributed by atoms with E-state index >= 15 is 0 Å². The smallest absolute Gasteiger partial charge is 0.225 e. The molecule has 1 aliphatic rings. The highest BCUT2D eigenvalue weighted by molar-refractivity contribution is 6.30. The fourth-order valence-corrected chi connectivity index (χ4v) is 2.46. The number of halogens is 1. The molecule has 5 nitrogen and oxygen atoms in total. The molecule has 114 valence electrons. The molecule has 2 rings (SSSR count). The number of hydrogen-bond acceptors (Lipinski definition) is 3. The Labute approximate surface area is 129 Å². The molecule has 1 heterocycles. The Kier molecular flexibility index (Phi) is 5.59. The number of carbonyl (C=O) groups is 2. The quantitative estimate of drug-likeness (QED) is 0.809. The van der Waals surface area contributed by atoms with Crippen LogP contribution in [0.1, 0.15) is 12.0 Å². The van der Waals surface area contributed by atoms with Crippen LogP contribution in [-0.2, 0) is 20.9 Å². The highest BCUT2D eigenvalue weighted by Gasteiger charge is 2.31. The van der Waals surface area contributed by atoms with Crippen molar-refractivity contribution in [1.82, 2.24) is 10.2 Å². The van der Waals surface area contributed by atoms with Crippen LogP contribution in [0.25, 0.3) is 0 Å². The van der Waals surface area contributed by atoms with Crippen molar-refractivity contribution in [3.05, 3.63) is 34.9 Å². The van der Waals surface area contributed by atoms with Gasteiger partial charge in [-0.3, -0.25) is 9.59 Å². The maximum atomic E-state index is 11.9. The Bertz CT molecular complexity index is 521. The van der Waals surface area contributed by atoms with Crippen molar-refractivity contribution in [2.75, 3.05) is 26.7 Å². The van der Waals surface area contributed by atoms with E-state index in [2.05, 4.69) is 5.32 Å². The highest BCUT2D eigenvalue weighted by atomic mass is 35.5. The van der Waals surface area contributed by atoms with Crippen LogP contribution in [0.3, 0.4) is 0 Å². The van der Waals surface area contributed by atoms with Crippen LogP contribution < -0.4 is 5.32 Å². The fraction of sp³-hybridized carbons (Fsp3) is 0.467. The van der Waals surface area contributed by atoms with Gasteiger partial charge in [-0.2, -0.15) is 0 Å². The summed E-state index contributed by atoms with van der Waals surface area (Å²) in [6, 6.07) is 7.46. The van der Waals surface area contributed by atoms with Crippen LogP contribution in [0.5, 0.6) is 0 Å². The molecule has 1 aromatic carbocycles. The third-order valence-corrected chi connectivity index (χ3v) is 3.65.